The van der Waals surface area contributed by atoms with Gasteiger partial charge in [0.2, 0.25) is 0 Å². The molecule has 0 saturated carbocycles. The molecule has 0 spiro atoms. The van der Waals surface area contributed by atoms with Crippen LogP contribution in [0.4, 0.5) is 39.5 Å². The van der Waals surface area contributed by atoms with Crippen molar-refractivity contribution in [1.82, 2.24) is 5.32 Å². The van der Waals surface area contributed by atoms with Gasteiger partial charge in [0.1, 0.15) is 5.75 Å². The highest BCUT2D eigenvalue weighted by atomic mass is 19.4. The fourth-order valence-corrected chi connectivity index (χ4v) is 3.37. The zero-order valence-electron chi connectivity index (χ0n) is 15.0. The molecule has 1 fully saturated rings. The first-order valence-corrected chi connectivity index (χ1v) is 8.14. The van der Waals surface area contributed by atoms with Crippen LogP contribution < -0.4 is 10.1 Å². The average Bonchev–Trinajstić information content (AvgIpc) is 2.76. The molecule has 28 heavy (non-hydrogen) atoms. The van der Waals surface area contributed by atoms with E-state index in [1.54, 1.807) is 6.92 Å². The standard InChI is InChI=1S/C17H18F9NO/c1-12(2)8-9-13(3,27-12)10-4-6-11(7-5-10)28-14(15(18,19)20,16(21,22)23)17(24,25)26/h4-7,27H,8-9H2,1-3H3. The second-order valence-electron chi connectivity index (χ2n) is 7.64. The second kappa shape index (κ2) is 6.43. The zero-order valence-corrected chi connectivity index (χ0v) is 15.0. The number of nitrogens with one attached hydrogen (secondary N) is 1. The molecular formula is C17H18F9NO. The Labute approximate surface area is 155 Å². The van der Waals surface area contributed by atoms with Crippen LogP contribution in [0.15, 0.2) is 24.3 Å². The number of hydrogen-bond acceptors (Lipinski definition) is 2. The lowest BCUT2D eigenvalue weighted by molar-refractivity contribution is -0.436. The molecule has 1 aromatic rings. The highest BCUT2D eigenvalue weighted by Gasteiger charge is 2.87. The number of halogens is 9. The van der Waals surface area contributed by atoms with Crippen molar-refractivity contribution in [3.8, 4) is 5.75 Å². The van der Waals surface area contributed by atoms with Gasteiger partial charge in [-0.3, -0.25) is 0 Å². The van der Waals surface area contributed by atoms with E-state index < -0.39 is 35.4 Å². The van der Waals surface area contributed by atoms with Gasteiger partial charge in [-0.05, 0) is 51.3 Å². The molecule has 0 radical (unpaired) electrons. The molecule has 1 saturated heterocycles. The molecule has 1 atom stereocenters. The smallest absolute Gasteiger partial charge is 0.447 e. The first kappa shape index (κ1) is 22.6. The fourth-order valence-electron chi connectivity index (χ4n) is 3.37. The number of hydrogen-bond donors (Lipinski definition) is 1. The average molecular weight is 423 g/mol. The van der Waals surface area contributed by atoms with E-state index in [1.807, 2.05) is 13.8 Å². The van der Waals surface area contributed by atoms with Gasteiger partial charge in [0.15, 0.2) is 0 Å². The molecule has 0 amide bonds. The van der Waals surface area contributed by atoms with Crippen LogP contribution in [-0.4, -0.2) is 29.7 Å². The molecule has 1 heterocycles. The van der Waals surface area contributed by atoms with Gasteiger partial charge in [-0.25, -0.2) is 0 Å². The minimum absolute atomic E-state index is 0.248. The van der Waals surface area contributed by atoms with E-state index in [0.29, 0.717) is 24.1 Å². The highest BCUT2D eigenvalue weighted by molar-refractivity contribution is 5.34. The molecule has 2 nitrogen and oxygen atoms in total. The molecule has 0 aliphatic carbocycles. The van der Waals surface area contributed by atoms with Gasteiger partial charge in [0, 0.05) is 11.1 Å². The lowest BCUT2D eigenvalue weighted by Crippen LogP contribution is -2.69. The molecular weight excluding hydrogens is 405 g/mol. The highest BCUT2D eigenvalue weighted by Crippen LogP contribution is 2.54. The van der Waals surface area contributed by atoms with Crippen molar-refractivity contribution in [1.29, 1.82) is 0 Å². The largest absolute Gasteiger partial charge is 0.462 e. The summed E-state index contributed by atoms with van der Waals surface area (Å²) in [5.41, 5.74) is -6.70. The molecule has 2 rings (SSSR count). The van der Waals surface area contributed by atoms with Crippen molar-refractivity contribution in [3.05, 3.63) is 29.8 Å². The number of benzene rings is 1. The van der Waals surface area contributed by atoms with Crippen molar-refractivity contribution >= 4 is 0 Å². The van der Waals surface area contributed by atoms with Gasteiger partial charge in [-0.1, -0.05) is 12.1 Å². The Bertz CT molecular complexity index is 667. The summed E-state index contributed by atoms with van der Waals surface area (Å²) in [4.78, 5) is 0. The van der Waals surface area contributed by atoms with Crippen LogP contribution in [0.3, 0.4) is 0 Å². The Hall–Kier alpha value is -1.65. The van der Waals surface area contributed by atoms with Gasteiger partial charge < -0.3 is 10.1 Å². The van der Waals surface area contributed by atoms with E-state index in [0.717, 1.165) is 18.6 Å². The lowest BCUT2D eigenvalue weighted by Gasteiger charge is -2.38. The van der Waals surface area contributed by atoms with Crippen molar-refractivity contribution in [2.45, 2.75) is 68.8 Å². The zero-order chi connectivity index (χ0) is 21.8. The lowest BCUT2D eigenvalue weighted by atomic mass is 9.90. The molecule has 1 aromatic carbocycles. The Morgan fingerprint density at radius 1 is 0.750 bits per heavy atom. The van der Waals surface area contributed by atoms with Gasteiger partial charge in [-0.2, -0.15) is 39.5 Å². The summed E-state index contributed by atoms with van der Waals surface area (Å²) in [7, 11) is 0. The van der Waals surface area contributed by atoms with Crippen LogP contribution in [0.1, 0.15) is 39.2 Å². The number of rotatable bonds is 3. The van der Waals surface area contributed by atoms with E-state index in [9.17, 15) is 39.5 Å². The van der Waals surface area contributed by atoms with Crippen LogP contribution >= 0.6 is 0 Å². The summed E-state index contributed by atoms with van der Waals surface area (Å²) in [6.07, 6.45) is -18.9. The fraction of sp³-hybridized carbons (Fsp3) is 0.647. The first-order valence-electron chi connectivity index (χ1n) is 8.14. The van der Waals surface area contributed by atoms with Crippen molar-refractivity contribution < 1.29 is 44.3 Å². The number of alkyl halides is 9. The topological polar surface area (TPSA) is 21.3 Å². The van der Waals surface area contributed by atoms with Gasteiger partial charge in [0.25, 0.3) is 0 Å². The van der Waals surface area contributed by atoms with Crippen LogP contribution in [0.5, 0.6) is 5.75 Å². The SMILES string of the molecule is CC1(C)CCC(C)(c2ccc(OC(C(F)(F)F)(C(F)(F)F)C(F)(F)F)cc2)N1. The molecule has 1 N–H and O–H groups in total. The Kier molecular flexibility index (Phi) is 5.20. The summed E-state index contributed by atoms with van der Waals surface area (Å²) >= 11 is 0. The normalized spacial score (nSPS) is 23.7. The molecule has 11 heteroatoms. The Morgan fingerprint density at radius 3 is 1.50 bits per heavy atom. The Balaban J connectivity index is 2.42. The molecule has 160 valence electrons. The minimum Gasteiger partial charge on any atom is -0.462 e. The van der Waals surface area contributed by atoms with Gasteiger partial charge in [-0.15, -0.1) is 0 Å². The molecule has 0 aromatic heterocycles. The summed E-state index contributed by atoms with van der Waals surface area (Å²) in [6, 6.07) is 3.65. The monoisotopic (exact) mass is 423 g/mol. The third kappa shape index (κ3) is 3.77. The quantitative estimate of drug-likeness (QED) is 0.615. The molecule has 0 bridgehead atoms. The van der Waals surface area contributed by atoms with E-state index in [4.69, 9.17) is 0 Å². The third-order valence-corrected chi connectivity index (χ3v) is 4.82. The third-order valence-electron chi connectivity index (χ3n) is 4.82. The van der Waals surface area contributed by atoms with Crippen molar-refractivity contribution in [3.63, 3.8) is 0 Å². The summed E-state index contributed by atoms with van der Waals surface area (Å²) in [5, 5.41) is 3.28. The van der Waals surface area contributed by atoms with E-state index in [2.05, 4.69) is 10.1 Å². The van der Waals surface area contributed by atoms with Crippen LogP contribution in [0, 0.1) is 0 Å². The first-order chi connectivity index (χ1) is 12.3. The molecule has 1 aliphatic rings. The van der Waals surface area contributed by atoms with Crippen LogP contribution in [-0.2, 0) is 5.54 Å². The maximum atomic E-state index is 12.9. The number of ether oxygens (including phenoxy) is 1. The maximum absolute atomic E-state index is 12.9. The van der Waals surface area contributed by atoms with Crippen molar-refractivity contribution in [2.75, 3.05) is 0 Å². The van der Waals surface area contributed by atoms with E-state index >= 15 is 0 Å². The van der Waals surface area contributed by atoms with E-state index in [1.165, 1.54) is 0 Å². The second-order valence-corrected chi connectivity index (χ2v) is 7.64. The van der Waals surface area contributed by atoms with Crippen molar-refractivity contribution in [2.24, 2.45) is 0 Å². The summed E-state index contributed by atoms with van der Waals surface area (Å²) in [6.45, 7) is 5.61. The predicted octanol–water partition coefficient (Wildman–Crippen LogP) is 5.87. The van der Waals surface area contributed by atoms with Gasteiger partial charge in [0.05, 0.1) is 0 Å². The summed E-state index contributed by atoms with van der Waals surface area (Å²) < 4.78 is 120. The molecule has 1 unspecified atom stereocenters. The summed E-state index contributed by atoms with van der Waals surface area (Å²) in [5.74, 6) is -1.20. The van der Waals surface area contributed by atoms with Crippen LogP contribution in [0.2, 0.25) is 0 Å². The Morgan fingerprint density at radius 2 is 1.18 bits per heavy atom. The predicted molar refractivity (Wildman–Crippen MR) is 81.8 cm³/mol. The van der Waals surface area contributed by atoms with Crippen LogP contribution in [0.25, 0.3) is 0 Å². The minimum atomic E-state index is -6.77. The van der Waals surface area contributed by atoms with Gasteiger partial charge >= 0.3 is 24.1 Å². The molecule has 1 aliphatic heterocycles. The van der Waals surface area contributed by atoms with E-state index in [-0.39, 0.29) is 5.54 Å². The maximum Gasteiger partial charge on any atom is 0.447 e.